The molecule has 0 aliphatic carbocycles. The van der Waals surface area contributed by atoms with Gasteiger partial charge in [0, 0.05) is 6.07 Å². The molecular weight excluding hydrogens is 188 g/mol. The summed E-state index contributed by atoms with van der Waals surface area (Å²) in [6, 6.07) is 15.6. The van der Waals surface area contributed by atoms with Gasteiger partial charge in [-0.3, -0.25) is 0 Å². The molecule has 0 fully saturated rings. The van der Waals surface area contributed by atoms with E-state index < -0.39 is 0 Å². The number of aromatic hydroxyl groups is 1. The molecule has 0 aliphatic rings. The number of hydrogen-bond acceptors (Lipinski definition) is 2. The van der Waals surface area contributed by atoms with Crippen molar-refractivity contribution in [2.24, 2.45) is 0 Å². The average molecular weight is 199 g/mol. The molecule has 0 heterocycles. The Bertz CT molecular complexity index is 449. The maximum absolute atomic E-state index is 9.72. The van der Waals surface area contributed by atoms with E-state index in [0.29, 0.717) is 11.5 Å². The van der Waals surface area contributed by atoms with Gasteiger partial charge in [-0.05, 0) is 24.6 Å². The van der Waals surface area contributed by atoms with E-state index in [2.05, 4.69) is 6.07 Å². The van der Waals surface area contributed by atoms with Gasteiger partial charge in [-0.1, -0.05) is 30.3 Å². The number of phenolic OH excluding ortho intramolecular Hbond substituents is 1. The van der Waals surface area contributed by atoms with Crippen molar-refractivity contribution in [3.8, 4) is 17.2 Å². The van der Waals surface area contributed by atoms with Crippen molar-refractivity contribution in [2.45, 2.75) is 6.92 Å². The average Bonchev–Trinajstić information content (AvgIpc) is 2.26. The minimum Gasteiger partial charge on any atom is -0.504 e. The van der Waals surface area contributed by atoms with Crippen molar-refractivity contribution in [1.82, 2.24) is 0 Å². The molecule has 2 aromatic carbocycles. The van der Waals surface area contributed by atoms with Crippen LogP contribution >= 0.6 is 0 Å². The third-order valence-electron chi connectivity index (χ3n) is 2.10. The number of aryl methyl sites for hydroxylation is 1. The molecule has 0 atom stereocenters. The van der Waals surface area contributed by atoms with E-state index in [1.807, 2.05) is 31.2 Å². The molecule has 2 heteroatoms. The van der Waals surface area contributed by atoms with Gasteiger partial charge in [-0.25, -0.2) is 0 Å². The van der Waals surface area contributed by atoms with Crippen LogP contribution in [0.25, 0.3) is 0 Å². The smallest absolute Gasteiger partial charge is 0.169 e. The lowest BCUT2D eigenvalue weighted by molar-refractivity contribution is 0.408. The van der Waals surface area contributed by atoms with Crippen LogP contribution in [-0.4, -0.2) is 5.11 Å². The van der Waals surface area contributed by atoms with Crippen molar-refractivity contribution < 1.29 is 9.84 Å². The Morgan fingerprint density at radius 1 is 1.13 bits per heavy atom. The first-order valence-corrected chi connectivity index (χ1v) is 4.70. The first kappa shape index (κ1) is 9.59. The highest BCUT2D eigenvalue weighted by Gasteiger charge is 2.05. The van der Waals surface area contributed by atoms with Crippen molar-refractivity contribution in [2.75, 3.05) is 0 Å². The summed E-state index contributed by atoms with van der Waals surface area (Å²) in [5.41, 5.74) is 0.795. The first-order chi connectivity index (χ1) is 7.27. The number of hydrogen-bond donors (Lipinski definition) is 1. The fourth-order valence-corrected chi connectivity index (χ4v) is 1.27. The van der Waals surface area contributed by atoms with E-state index in [-0.39, 0.29) is 5.75 Å². The number of para-hydroxylation sites is 2. The van der Waals surface area contributed by atoms with Crippen molar-refractivity contribution in [3.05, 3.63) is 54.1 Å². The van der Waals surface area contributed by atoms with Crippen LogP contribution < -0.4 is 4.74 Å². The molecule has 15 heavy (non-hydrogen) atoms. The Kier molecular flexibility index (Phi) is 2.59. The highest BCUT2D eigenvalue weighted by Crippen LogP contribution is 2.32. The van der Waals surface area contributed by atoms with Crippen LogP contribution in [0.3, 0.4) is 0 Å². The molecule has 1 N–H and O–H groups in total. The molecule has 0 unspecified atom stereocenters. The fourth-order valence-electron chi connectivity index (χ4n) is 1.27. The Labute approximate surface area is 88.8 Å². The molecule has 0 aromatic heterocycles. The summed E-state index contributed by atoms with van der Waals surface area (Å²) >= 11 is 0. The summed E-state index contributed by atoms with van der Waals surface area (Å²) in [6.07, 6.45) is 0. The monoisotopic (exact) mass is 199 g/mol. The quantitative estimate of drug-likeness (QED) is 0.804. The molecule has 0 aliphatic heterocycles. The van der Waals surface area contributed by atoms with E-state index in [9.17, 15) is 5.11 Å². The summed E-state index contributed by atoms with van der Waals surface area (Å²) in [6.45, 7) is 1.83. The molecule has 2 aromatic rings. The normalized spacial score (nSPS) is 9.93. The Hall–Kier alpha value is -1.96. The van der Waals surface area contributed by atoms with E-state index in [0.717, 1.165) is 5.56 Å². The van der Waals surface area contributed by atoms with Gasteiger partial charge in [-0.2, -0.15) is 0 Å². The third-order valence-corrected chi connectivity index (χ3v) is 2.10. The van der Waals surface area contributed by atoms with Crippen LogP contribution in [0.4, 0.5) is 0 Å². The fraction of sp³-hybridized carbons (Fsp3) is 0.0769. The standard InChI is InChI=1S/C13H11O2/c1-10-6-5-9-12(13(10)14)15-11-7-3-2-4-8-11/h2-7,9,14H,1H3. The van der Waals surface area contributed by atoms with Crippen molar-refractivity contribution in [3.63, 3.8) is 0 Å². The number of phenols is 1. The number of rotatable bonds is 2. The lowest BCUT2D eigenvalue weighted by Gasteiger charge is -2.08. The van der Waals surface area contributed by atoms with Crippen LogP contribution in [0.2, 0.25) is 0 Å². The summed E-state index contributed by atoms with van der Waals surface area (Å²) in [4.78, 5) is 0. The lowest BCUT2D eigenvalue weighted by Crippen LogP contribution is -1.85. The minimum atomic E-state index is 0.176. The predicted molar refractivity (Wildman–Crippen MR) is 58.2 cm³/mol. The molecule has 1 radical (unpaired) electrons. The van der Waals surface area contributed by atoms with Gasteiger partial charge in [0.1, 0.15) is 5.75 Å². The van der Waals surface area contributed by atoms with E-state index >= 15 is 0 Å². The lowest BCUT2D eigenvalue weighted by atomic mass is 10.2. The van der Waals surface area contributed by atoms with Crippen LogP contribution in [0.15, 0.2) is 42.5 Å². The summed E-state index contributed by atoms with van der Waals surface area (Å²) in [5.74, 6) is 1.23. The molecule has 2 nitrogen and oxygen atoms in total. The van der Waals surface area contributed by atoms with Gasteiger partial charge in [0.05, 0.1) is 0 Å². The number of ether oxygens (including phenoxy) is 1. The minimum absolute atomic E-state index is 0.176. The second-order valence-electron chi connectivity index (χ2n) is 3.25. The summed E-state index contributed by atoms with van der Waals surface area (Å²) < 4.78 is 5.48. The Balaban J connectivity index is 2.29. The maximum Gasteiger partial charge on any atom is 0.169 e. The van der Waals surface area contributed by atoms with E-state index in [1.54, 1.807) is 18.2 Å². The molecule has 75 valence electrons. The Morgan fingerprint density at radius 3 is 2.73 bits per heavy atom. The molecular formula is C13H11O2. The predicted octanol–water partition coefficient (Wildman–Crippen LogP) is 3.29. The summed E-state index contributed by atoms with van der Waals surface area (Å²) in [7, 11) is 0. The third kappa shape index (κ3) is 2.10. The largest absolute Gasteiger partial charge is 0.504 e. The zero-order valence-corrected chi connectivity index (χ0v) is 8.40. The van der Waals surface area contributed by atoms with Gasteiger partial charge in [0.15, 0.2) is 11.5 Å². The topological polar surface area (TPSA) is 29.5 Å². The van der Waals surface area contributed by atoms with Crippen molar-refractivity contribution >= 4 is 0 Å². The highest BCUT2D eigenvalue weighted by atomic mass is 16.5. The first-order valence-electron chi connectivity index (χ1n) is 4.70. The Morgan fingerprint density at radius 2 is 2.00 bits per heavy atom. The van der Waals surface area contributed by atoms with E-state index in [1.165, 1.54) is 0 Å². The molecule has 0 saturated heterocycles. The van der Waals surface area contributed by atoms with Crippen LogP contribution in [0.1, 0.15) is 5.56 Å². The zero-order chi connectivity index (χ0) is 10.7. The van der Waals surface area contributed by atoms with Gasteiger partial charge < -0.3 is 9.84 Å². The molecule has 2 rings (SSSR count). The van der Waals surface area contributed by atoms with Gasteiger partial charge in [0.25, 0.3) is 0 Å². The van der Waals surface area contributed by atoms with Crippen LogP contribution in [-0.2, 0) is 0 Å². The van der Waals surface area contributed by atoms with Crippen LogP contribution in [0, 0.1) is 13.0 Å². The molecule has 0 amide bonds. The van der Waals surface area contributed by atoms with Gasteiger partial charge >= 0.3 is 0 Å². The van der Waals surface area contributed by atoms with Gasteiger partial charge in [0.2, 0.25) is 0 Å². The zero-order valence-electron chi connectivity index (χ0n) is 8.40. The van der Waals surface area contributed by atoms with Gasteiger partial charge in [-0.15, -0.1) is 0 Å². The molecule has 0 spiro atoms. The van der Waals surface area contributed by atoms with Crippen molar-refractivity contribution in [1.29, 1.82) is 0 Å². The molecule has 0 bridgehead atoms. The second kappa shape index (κ2) is 4.05. The van der Waals surface area contributed by atoms with Crippen LogP contribution in [0.5, 0.6) is 17.2 Å². The maximum atomic E-state index is 9.72. The molecule has 0 saturated carbocycles. The second-order valence-corrected chi connectivity index (χ2v) is 3.25. The highest BCUT2D eigenvalue weighted by molar-refractivity contribution is 5.46. The summed E-state index contributed by atoms with van der Waals surface area (Å²) in [5, 5.41) is 9.72. The number of benzene rings is 2. The van der Waals surface area contributed by atoms with E-state index in [4.69, 9.17) is 4.74 Å². The SMILES string of the molecule is Cc1cccc(Oc2[c]cccc2)c1O.